The van der Waals surface area contributed by atoms with Crippen LogP contribution in [0.5, 0.6) is 0 Å². The van der Waals surface area contributed by atoms with E-state index in [0.717, 1.165) is 0 Å². The van der Waals surface area contributed by atoms with Gasteiger partial charge in [-0.15, -0.1) is 4.58 Å². The topological polar surface area (TPSA) is 20.1 Å². The zero-order valence-electron chi connectivity index (χ0n) is 9.05. The molecule has 0 aromatic heterocycles. The van der Waals surface area contributed by atoms with Crippen molar-refractivity contribution in [2.45, 2.75) is 13.0 Å². The highest BCUT2D eigenvalue weighted by Crippen LogP contribution is 2.30. The molecule has 2 heteroatoms. The van der Waals surface area contributed by atoms with E-state index in [1.54, 1.807) is 11.5 Å². The Labute approximate surface area is 93.8 Å². The third-order valence-corrected chi connectivity index (χ3v) is 3.02. The quantitative estimate of drug-likeness (QED) is 0.662. The van der Waals surface area contributed by atoms with Gasteiger partial charge >= 0.3 is 5.91 Å². The number of fused-ring (bicyclic) bond motifs is 1. The summed E-state index contributed by atoms with van der Waals surface area (Å²) in [4.78, 5) is 11.2. The van der Waals surface area contributed by atoms with Gasteiger partial charge in [-0.2, -0.15) is 0 Å². The Hall–Kier alpha value is -1.96. The Balaban J connectivity index is 2.09. The van der Waals surface area contributed by atoms with Crippen molar-refractivity contribution in [2.24, 2.45) is 0 Å². The predicted molar refractivity (Wildman–Crippen MR) is 63.7 cm³/mol. The smallest absolute Gasteiger partial charge is 0.220 e. The molecule has 1 aliphatic rings. The maximum atomic E-state index is 11.2. The van der Waals surface area contributed by atoms with Crippen LogP contribution in [0.25, 0.3) is 10.8 Å². The number of hydrogen-bond donors (Lipinski definition) is 0. The zero-order chi connectivity index (χ0) is 11.1. The lowest BCUT2D eigenvalue weighted by atomic mass is 10.0. The lowest BCUT2D eigenvalue weighted by molar-refractivity contribution is -0.395. The fraction of sp³-hybridized carbons (Fsp3) is 0.143. The minimum absolute atomic E-state index is 0.109. The Morgan fingerprint density at radius 2 is 1.88 bits per heavy atom. The average molecular weight is 210 g/mol. The van der Waals surface area contributed by atoms with Crippen LogP contribution in [0.2, 0.25) is 0 Å². The van der Waals surface area contributed by atoms with Crippen molar-refractivity contribution in [1.29, 1.82) is 0 Å². The highest BCUT2D eigenvalue weighted by molar-refractivity contribution is 5.92. The van der Waals surface area contributed by atoms with Crippen LogP contribution < -0.4 is 0 Å². The molecular formula is C14H12NO+. The molecule has 0 saturated carbocycles. The molecule has 78 valence electrons. The van der Waals surface area contributed by atoms with Crippen molar-refractivity contribution in [3.05, 3.63) is 48.0 Å². The molecule has 16 heavy (non-hydrogen) atoms. The van der Waals surface area contributed by atoms with E-state index in [0.29, 0.717) is 0 Å². The Morgan fingerprint density at radius 3 is 2.62 bits per heavy atom. The summed E-state index contributed by atoms with van der Waals surface area (Å²) in [7, 11) is 0. The normalized spacial score (nSPS) is 18.3. The highest BCUT2D eigenvalue weighted by atomic mass is 16.2. The van der Waals surface area contributed by atoms with E-state index in [2.05, 4.69) is 24.3 Å². The predicted octanol–water partition coefficient (Wildman–Crippen LogP) is 2.52. The van der Waals surface area contributed by atoms with Gasteiger partial charge in [0, 0.05) is 5.56 Å². The van der Waals surface area contributed by atoms with Crippen LogP contribution in [0.1, 0.15) is 18.5 Å². The molecule has 0 fully saturated rings. The van der Waals surface area contributed by atoms with Crippen LogP contribution >= 0.6 is 0 Å². The van der Waals surface area contributed by atoms with E-state index in [-0.39, 0.29) is 11.9 Å². The second kappa shape index (κ2) is 3.27. The SMILES string of the molecule is CC(=O)[N+]1=CC1c1cccc2ccccc12. The Kier molecular flexibility index (Phi) is 1.90. The monoisotopic (exact) mass is 210 g/mol. The van der Waals surface area contributed by atoms with Gasteiger partial charge in [0.25, 0.3) is 6.04 Å². The minimum atomic E-state index is 0.109. The van der Waals surface area contributed by atoms with Crippen LogP contribution in [0.15, 0.2) is 42.5 Å². The number of hydrogen-bond acceptors (Lipinski definition) is 1. The number of amides is 1. The largest absolute Gasteiger partial charge is 0.384 e. The van der Waals surface area contributed by atoms with Crippen molar-refractivity contribution >= 4 is 22.9 Å². The summed E-state index contributed by atoms with van der Waals surface area (Å²) >= 11 is 0. The lowest BCUT2D eigenvalue weighted by Crippen LogP contribution is -2.03. The van der Waals surface area contributed by atoms with Gasteiger partial charge in [-0.3, -0.25) is 0 Å². The van der Waals surface area contributed by atoms with Crippen LogP contribution in [0, 0.1) is 0 Å². The molecule has 2 aromatic rings. The fourth-order valence-corrected chi connectivity index (χ4v) is 2.15. The molecule has 0 bridgehead atoms. The summed E-state index contributed by atoms with van der Waals surface area (Å²) < 4.78 is 1.77. The molecule has 1 atom stereocenters. The van der Waals surface area contributed by atoms with E-state index in [4.69, 9.17) is 0 Å². The van der Waals surface area contributed by atoms with Gasteiger partial charge in [-0.25, -0.2) is 4.79 Å². The highest BCUT2D eigenvalue weighted by Gasteiger charge is 2.41. The molecule has 2 aromatic carbocycles. The van der Waals surface area contributed by atoms with Crippen LogP contribution in [0.3, 0.4) is 0 Å². The molecular weight excluding hydrogens is 198 g/mol. The van der Waals surface area contributed by atoms with Gasteiger partial charge in [0.15, 0.2) is 0 Å². The van der Waals surface area contributed by atoms with Crippen LogP contribution in [-0.4, -0.2) is 16.7 Å². The van der Waals surface area contributed by atoms with Crippen molar-refractivity contribution in [1.82, 2.24) is 0 Å². The third kappa shape index (κ3) is 1.34. The number of rotatable bonds is 1. The summed E-state index contributed by atoms with van der Waals surface area (Å²) in [5.41, 5.74) is 1.22. The molecule has 0 radical (unpaired) electrons. The molecule has 1 aliphatic heterocycles. The van der Waals surface area contributed by atoms with Crippen LogP contribution in [-0.2, 0) is 4.79 Å². The van der Waals surface area contributed by atoms with Gasteiger partial charge < -0.3 is 0 Å². The molecule has 3 rings (SSSR count). The molecule has 0 aliphatic carbocycles. The molecule has 0 spiro atoms. The first-order chi connectivity index (χ1) is 7.77. The average Bonchev–Trinajstić information content (AvgIpc) is 3.08. The summed E-state index contributed by atoms with van der Waals surface area (Å²) in [6.45, 7) is 1.60. The molecule has 0 saturated heterocycles. The van der Waals surface area contributed by atoms with Gasteiger partial charge in [0.1, 0.15) is 0 Å². The van der Waals surface area contributed by atoms with E-state index >= 15 is 0 Å². The standard InChI is InChI=1S/C14H12NO/c1-10(16)15-9-14(15)13-8-4-6-11-5-2-3-7-12(11)13/h2-9,14H,1H3/q+1. The number of nitrogens with zero attached hydrogens (tertiary/aromatic N) is 1. The van der Waals surface area contributed by atoms with E-state index in [1.165, 1.54) is 16.3 Å². The summed E-state index contributed by atoms with van der Waals surface area (Å²) in [6, 6.07) is 14.7. The van der Waals surface area contributed by atoms with Crippen LogP contribution in [0.4, 0.5) is 0 Å². The number of carbonyl (C=O) groups is 1. The van der Waals surface area contributed by atoms with Crippen molar-refractivity contribution < 1.29 is 9.37 Å². The lowest BCUT2D eigenvalue weighted by Gasteiger charge is -2.01. The first-order valence-electron chi connectivity index (χ1n) is 5.39. The van der Waals surface area contributed by atoms with E-state index in [1.807, 2.05) is 24.4 Å². The summed E-state index contributed by atoms with van der Waals surface area (Å²) in [6.07, 6.45) is 1.96. The number of carbonyl (C=O) groups excluding carboxylic acids is 1. The molecule has 1 amide bonds. The van der Waals surface area contributed by atoms with Gasteiger partial charge in [-0.05, 0) is 10.8 Å². The molecule has 1 heterocycles. The van der Waals surface area contributed by atoms with Gasteiger partial charge in [0.05, 0.1) is 6.92 Å². The second-order valence-electron chi connectivity index (χ2n) is 4.09. The first-order valence-corrected chi connectivity index (χ1v) is 5.39. The van der Waals surface area contributed by atoms with Gasteiger partial charge in [0.2, 0.25) is 6.21 Å². The minimum Gasteiger partial charge on any atom is -0.220 e. The van der Waals surface area contributed by atoms with Crippen molar-refractivity contribution in [3.8, 4) is 0 Å². The van der Waals surface area contributed by atoms with E-state index in [9.17, 15) is 4.79 Å². The van der Waals surface area contributed by atoms with Crippen molar-refractivity contribution in [3.63, 3.8) is 0 Å². The molecule has 2 nitrogen and oxygen atoms in total. The Bertz CT molecular complexity index is 608. The van der Waals surface area contributed by atoms with E-state index < -0.39 is 0 Å². The maximum Gasteiger partial charge on any atom is 0.384 e. The molecule has 0 N–H and O–H groups in total. The third-order valence-electron chi connectivity index (χ3n) is 3.02. The van der Waals surface area contributed by atoms with Crippen molar-refractivity contribution in [2.75, 3.05) is 0 Å². The second-order valence-corrected chi connectivity index (χ2v) is 4.09. The maximum absolute atomic E-state index is 11.2. The van der Waals surface area contributed by atoms with Gasteiger partial charge in [-0.1, -0.05) is 42.5 Å². The Morgan fingerprint density at radius 1 is 1.12 bits per heavy atom. The first kappa shape index (κ1) is 9.28. The summed E-state index contributed by atoms with van der Waals surface area (Å²) in [5.74, 6) is 0.109. The number of benzene rings is 2. The fourth-order valence-electron chi connectivity index (χ4n) is 2.15. The molecule has 1 unspecified atom stereocenters. The summed E-state index contributed by atoms with van der Waals surface area (Å²) in [5, 5.41) is 2.46. The zero-order valence-corrected chi connectivity index (χ0v) is 9.05.